The molecule has 0 unspecified atom stereocenters. The molecule has 8 heteroatoms. The molecule has 1 atom stereocenters. The maximum atomic E-state index is 14.0. The number of halogens is 2. The molecule has 5 rings (SSSR count). The maximum Gasteiger partial charge on any atom is 0.225 e. The Hall–Kier alpha value is -4.90. The average Bonchev–Trinajstić information content (AvgIpc) is 3.29. The van der Waals surface area contributed by atoms with E-state index >= 15 is 0 Å². The lowest BCUT2D eigenvalue weighted by atomic mass is 9.95. The molecule has 0 aliphatic rings. The molecular weight excluding hydrogens is 484 g/mol. The van der Waals surface area contributed by atoms with Crippen molar-refractivity contribution >= 4 is 16.8 Å². The second kappa shape index (κ2) is 10.6. The maximum absolute atomic E-state index is 14.0. The number of aromatic nitrogens is 3. The molecule has 0 aliphatic carbocycles. The summed E-state index contributed by atoms with van der Waals surface area (Å²) < 4.78 is 28.0. The first-order valence-corrected chi connectivity index (χ1v) is 12.0. The quantitative estimate of drug-likeness (QED) is 0.294. The highest BCUT2D eigenvalue weighted by atomic mass is 19.1. The van der Waals surface area contributed by atoms with Gasteiger partial charge in [0.15, 0.2) is 0 Å². The lowest BCUT2D eigenvalue weighted by Gasteiger charge is -2.21. The summed E-state index contributed by atoms with van der Waals surface area (Å²) in [7, 11) is 0. The summed E-state index contributed by atoms with van der Waals surface area (Å²) in [6, 6.07) is 17.6. The van der Waals surface area contributed by atoms with Gasteiger partial charge in [0.2, 0.25) is 5.91 Å². The normalized spacial score (nSPS) is 11.7. The van der Waals surface area contributed by atoms with Crippen LogP contribution in [0, 0.1) is 29.9 Å². The third-order valence-corrected chi connectivity index (χ3v) is 6.33. The van der Waals surface area contributed by atoms with E-state index in [9.17, 15) is 18.8 Å². The zero-order valence-electron chi connectivity index (χ0n) is 20.5. The van der Waals surface area contributed by atoms with Gasteiger partial charge in [-0.25, -0.2) is 13.8 Å². The molecule has 3 aromatic heterocycles. The number of nitriles is 1. The Balaban J connectivity index is 1.51. The highest BCUT2D eigenvalue weighted by Gasteiger charge is 2.22. The van der Waals surface area contributed by atoms with Crippen molar-refractivity contribution in [2.75, 3.05) is 0 Å². The molecule has 2 N–H and O–H groups in total. The Labute approximate surface area is 218 Å². The first-order valence-electron chi connectivity index (χ1n) is 12.0. The summed E-state index contributed by atoms with van der Waals surface area (Å²) in [6.45, 7) is 1.99. The Morgan fingerprint density at radius 2 is 1.87 bits per heavy atom. The van der Waals surface area contributed by atoms with Crippen molar-refractivity contribution in [2.45, 2.75) is 25.8 Å². The van der Waals surface area contributed by atoms with Crippen LogP contribution in [0.25, 0.3) is 22.0 Å². The number of nitrogens with one attached hydrogen (secondary N) is 2. The minimum absolute atomic E-state index is 0.105. The zero-order chi connectivity index (χ0) is 26.6. The van der Waals surface area contributed by atoms with Crippen LogP contribution in [0.15, 0.2) is 79.3 Å². The largest absolute Gasteiger partial charge is 0.361 e. The van der Waals surface area contributed by atoms with Crippen LogP contribution < -0.4 is 5.32 Å². The van der Waals surface area contributed by atoms with Crippen molar-refractivity contribution in [3.63, 3.8) is 0 Å². The van der Waals surface area contributed by atoms with Crippen molar-refractivity contribution in [1.82, 2.24) is 20.3 Å². The predicted molar refractivity (Wildman–Crippen MR) is 140 cm³/mol. The van der Waals surface area contributed by atoms with Gasteiger partial charge in [-0.1, -0.05) is 17.7 Å². The molecular formula is C30H23F2N5O. The molecule has 0 aliphatic heterocycles. The Bertz CT molecular complexity index is 1670. The van der Waals surface area contributed by atoms with Gasteiger partial charge in [0.25, 0.3) is 0 Å². The number of H-pyrrole nitrogens is 1. The van der Waals surface area contributed by atoms with Gasteiger partial charge in [-0.15, -0.1) is 0 Å². The number of aromatic amines is 1. The van der Waals surface area contributed by atoms with Gasteiger partial charge >= 0.3 is 0 Å². The van der Waals surface area contributed by atoms with Gasteiger partial charge in [-0.05, 0) is 72.5 Å². The molecule has 1 amide bonds. The van der Waals surface area contributed by atoms with Crippen molar-refractivity contribution < 1.29 is 13.6 Å². The number of pyridine rings is 2. The number of fused-ring (bicyclic) bond motifs is 1. The Morgan fingerprint density at radius 1 is 1.05 bits per heavy atom. The predicted octanol–water partition coefficient (Wildman–Crippen LogP) is 5.73. The van der Waals surface area contributed by atoms with Crippen LogP contribution in [-0.4, -0.2) is 20.9 Å². The monoisotopic (exact) mass is 507 g/mol. The number of nitrogens with zero attached hydrogens (tertiary/aromatic N) is 3. The molecule has 188 valence electrons. The second-order valence-corrected chi connectivity index (χ2v) is 9.12. The number of carbonyl (C=O) groups excluding carboxylic acids is 1. The van der Waals surface area contributed by atoms with Gasteiger partial charge in [0.05, 0.1) is 18.2 Å². The molecule has 0 saturated carbocycles. The number of amides is 1. The van der Waals surface area contributed by atoms with E-state index in [1.54, 1.807) is 24.4 Å². The number of carbonyl (C=O) groups is 1. The van der Waals surface area contributed by atoms with E-state index in [2.05, 4.69) is 20.3 Å². The SMILES string of the molecule is Cc1ccc2[nH]cc(CC(=O)N[C@@H](Cc3cc(F)cc(F)c3)c3ncccc3-c3ccnc(C#N)c3)c2c1. The Morgan fingerprint density at radius 3 is 2.66 bits per heavy atom. The molecule has 0 fully saturated rings. The van der Waals surface area contributed by atoms with Crippen molar-refractivity contribution in [3.8, 4) is 17.2 Å². The molecule has 3 heterocycles. The second-order valence-electron chi connectivity index (χ2n) is 9.12. The standard InChI is InChI=1S/C30H23F2N5O/c1-18-4-5-27-26(9-18)21(17-36-27)14-29(38)37-28(12-19-10-22(31)15-23(32)11-19)30-25(3-2-7-35-30)20-6-8-34-24(13-20)16-33/h2-11,13,15,17,28,36H,12,14H2,1H3,(H,37,38)/t28-/m0/s1. The van der Waals surface area contributed by atoms with Gasteiger partial charge in [-0.2, -0.15) is 5.26 Å². The molecule has 38 heavy (non-hydrogen) atoms. The van der Waals surface area contributed by atoms with Crippen molar-refractivity contribution in [1.29, 1.82) is 5.26 Å². The van der Waals surface area contributed by atoms with Crippen LogP contribution in [0.5, 0.6) is 0 Å². The van der Waals surface area contributed by atoms with Crippen LogP contribution in [-0.2, 0) is 17.6 Å². The van der Waals surface area contributed by atoms with E-state index in [0.29, 0.717) is 22.4 Å². The summed E-state index contributed by atoms with van der Waals surface area (Å²) in [5.41, 5.74) is 5.34. The molecule has 6 nitrogen and oxygen atoms in total. The fourth-order valence-electron chi connectivity index (χ4n) is 4.64. The summed E-state index contributed by atoms with van der Waals surface area (Å²) in [5.74, 6) is -1.67. The number of aryl methyl sites for hydroxylation is 1. The number of rotatable bonds is 7. The highest BCUT2D eigenvalue weighted by molar-refractivity contribution is 5.89. The topological polar surface area (TPSA) is 94.5 Å². The van der Waals surface area contributed by atoms with Gasteiger partial charge in [0.1, 0.15) is 23.4 Å². The summed E-state index contributed by atoms with van der Waals surface area (Å²) in [6.07, 6.45) is 5.15. The van der Waals surface area contributed by atoms with E-state index in [0.717, 1.165) is 28.1 Å². The van der Waals surface area contributed by atoms with Crippen LogP contribution in [0.2, 0.25) is 0 Å². The van der Waals surface area contributed by atoms with Crippen LogP contribution in [0.1, 0.15) is 34.1 Å². The fraction of sp³-hybridized carbons (Fsp3) is 0.133. The number of benzene rings is 2. The van der Waals surface area contributed by atoms with Crippen molar-refractivity contribution in [3.05, 3.63) is 119 Å². The lowest BCUT2D eigenvalue weighted by molar-refractivity contribution is -0.121. The van der Waals surface area contributed by atoms with E-state index in [-0.39, 0.29) is 24.4 Å². The van der Waals surface area contributed by atoms with E-state index in [4.69, 9.17) is 0 Å². The molecule has 0 spiro atoms. The molecule has 2 aromatic carbocycles. The fourth-order valence-corrected chi connectivity index (χ4v) is 4.64. The zero-order valence-corrected chi connectivity index (χ0v) is 20.5. The van der Waals surface area contributed by atoms with E-state index < -0.39 is 17.7 Å². The molecule has 0 radical (unpaired) electrons. The smallest absolute Gasteiger partial charge is 0.225 e. The number of hydrogen-bond donors (Lipinski definition) is 2. The van der Waals surface area contributed by atoms with Crippen LogP contribution in [0.4, 0.5) is 8.78 Å². The first-order chi connectivity index (χ1) is 18.4. The van der Waals surface area contributed by atoms with Crippen LogP contribution >= 0.6 is 0 Å². The van der Waals surface area contributed by atoms with Crippen molar-refractivity contribution in [2.24, 2.45) is 0 Å². The molecule has 0 bridgehead atoms. The van der Waals surface area contributed by atoms with E-state index in [1.807, 2.05) is 43.5 Å². The molecule has 5 aromatic rings. The summed E-state index contributed by atoms with van der Waals surface area (Å²) in [4.78, 5) is 25.1. The Kier molecular flexibility index (Phi) is 6.92. The summed E-state index contributed by atoms with van der Waals surface area (Å²) >= 11 is 0. The van der Waals surface area contributed by atoms with Gasteiger partial charge < -0.3 is 10.3 Å². The summed E-state index contributed by atoms with van der Waals surface area (Å²) in [5, 5.41) is 13.3. The van der Waals surface area contributed by atoms with Crippen LogP contribution in [0.3, 0.4) is 0 Å². The number of hydrogen-bond acceptors (Lipinski definition) is 4. The van der Waals surface area contributed by atoms with Gasteiger partial charge in [0, 0.05) is 41.1 Å². The minimum Gasteiger partial charge on any atom is -0.361 e. The third kappa shape index (κ3) is 5.42. The minimum atomic E-state index is -0.703. The molecule has 0 saturated heterocycles. The average molecular weight is 508 g/mol. The third-order valence-electron chi connectivity index (χ3n) is 6.33. The van der Waals surface area contributed by atoms with E-state index in [1.165, 1.54) is 18.3 Å². The first kappa shape index (κ1) is 24.8. The lowest BCUT2D eigenvalue weighted by Crippen LogP contribution is -2.32. The highest BCUT2D eigenvalue weighted by Crippen LogP contribution is 2.29. The van der Waals surface area contributed by atoms with Gasteiger partial charge in [-0.3, -0.25) is 9.78 Å².